The summed E-state index contributed by atoms with van der Waals surface area (Å²) < 4.78 is 23.0. The Morgan fingerprint density at radius 1 is 1.25 bits per heavy atom. The maximum absolute atomic E-state index is 11.5. The van der Waals surface area contributed by atoms with Crippen LogP contribution in [0.1, 0.15) is 32.3 Å². The van der Waals surface area contributed by atoms with E-state index in [0.717, 1.165) is 12.3 Å². The van der Waals surface area contributed by atoms with Crippen molar-refractivity contribution in [2.24, 2.45) is 5.92 Å². The van der Waals surface area contributed by atoms with Crippen molar-refractivity contribution in [3.05, 3.63) is 33.9 Å². The number of halogens is 1. The molecule has 0 radical (unpaired) electrons. The molecule has 0 aromatic heterocycles. The Morgan fingerprint density at radius 3 is 2.15 bits per heavy atom. The van der Waals surface area contributed by atoms with Crippen molar-refractivity contribution in [1.29, 1.82) is 0 Å². The van der Waals surface area contributed by atoms with E-state index in [-0.39, 0.29) is 27.2 Å². The van der Waals surface area contributed by atoms with Crippen molar-refractivity contribution >= 4 is 31.5 Å². The van der Waals surface area contributed by atoms with Gasteiger partial charge in [-0.3, -0.25) is 10.1 Å². The topological polar surface area (TPSA) is 77.3 Å². The van der Waals surface area contributed by atoms with Crippen molar-refractivity contribution in [1.82, 2.24) is 0 Å². The average Bonchev–Trinajstić information content (AvgIpc) is 2.26. The maximum atomic E-state index is 11.5. The number of nitro groups is 1. The highest BCUT2D eigenvalue weighted by atomic mass is 79.9. The first-order chi connectivity index (χ1) is 9.05. The molecule has 2 unspecified atom stereocenters. The minimum absolute atomic E-state index is 0.0299. The van der Waals surface area contributed by atoms with Crippen LogP contribution in [0, 0.1) is 16.0 Å². The molecular formula is C13H18BrNO4S. The minimum Gasteiger partial charge on any atom is -0.258 e. The van der Waals surface area contributed by atoms with Gasteiger partial charge in [0.25, 0.3) is 5.69 Å². The summed E-state index contributed by atoms with van der Waals surface area (Å²) in [4.78, 5) is 10.7. The lowest BCUT2D eigenvalue weighted by Crippen LogP contribution is -2.17. The number of hydrogen-bond donors (Lipinski definition) is 0. The van der Waals surface area contributed by atoms with E-state index in [4.69, 9.17) is 0 Å². The van der Waals surface area contributed by atoms with Crippen molar-refractivity contribution < 1.29 is 13.3 Å². The molecule has 0 bridgehead atoms. The van der Waals surface area contributed by atoms with E-state index in [0.29, 0.717) is 5.56 Å². The van der Waals surface area contributed by atoms with Crippen LogP contribution in [-0.2, 0) is 9.84 Å². The Morgan fingerprint density at radius 2 is 1.80 bits per heavy atom. The quantitative estimate of drug-likeness (QED) is 0.455. The molecule has 1 rings (SSSR count). The summed E-state index contributed by atoms with van der Waals surface area (Å²) in [6, 6.07) is 4.13. The van der Waals surface area contributed by atoms with Gasteiger partial charge in [-0.1, -0.05) is 42.8 Å². The van der Waals surface area contributed by atoms with Gasteiger partial charge >= 0.3 is 0 Å². The number of benzene rings is 1. The first-order valence-electron chi connectivity index (χ1n) is 6.18. The van der Waals surface area contributed by atoms with Crippen molar-refractivity contribution in [2.75, 3.05) is 6.26 Å². The van der Waals surface area contributed by atoms with Crippen LogP contribution in [-0.4, -0.2) is 24.4 Å². The number of sulfone groups is 1. The highest BCUT2D eigenvalue weighted by Gasteiger charge is 2.29. The molecule has 0 aliphatic heterocycles. The molecule has 7 heteroatoms. The van der Waals surface area contributed by atoms with Crippen molar-refractivity contribution in [2.45, 2.75) is 36.4 Å². The number of alkyl halides is 1. The molecule has 2 atom stereocenters. The zero-order valence-electron chi connectivity index (χ0n) is 11.8. The smallest absolute Gasteiger partial charge is 0.258 e. The number of rotatable bonds is 5. The highest BCUT2D eigenvalue weighted by molar-refractivity contribution is 9.09. The van der Waals surface area contributed by atoms with E-state index in [1.807, 2.05) is 20.8 Å². The van der Waals surface area contributed by atoms with Gasteiger partial charge in [-0.05, 0) is 12.0 Å². The molecule has 5 nitrogen and oxygen atoms in total. The molecule has 0 saturated heterocycles. The van der Waals surface area contributed by atoms with Gasteiger partial charge in [0.2, 0.25) is 0 Å². The van der Waals surface area contributed by atoms with Crippen molar-refractivity contribution in [3.63, 3.8) is 0 Å². The third-order valence-electron chi connectivity index (χ3n) is 3.20. The molecule has 0 aliphatic carbocycles. The van der Waals surface area contributed by atoms with Gasteiger partial charge in [0, 0.05) is 28.6 Å². The monoisotopic (exact) mass is 363 g/mol. The second-order valence-corrected chi connectivity index (χ2v) is 8.66. The molecule has 0 heterocycles. The van der Waals surface area contributed by atoms with Crippen LogP contribution in [0.5, 0.6) is 0 Å². The highest BCUT2D eigenvalue weighted by Crippen LogP contribution is 2.38. The molecule has 1 aromatic rings. The number of nitro benzene ring substituents is 1. The minimum atomic E-state index is -3.46. The molecule has 112 valence electrons. The van der Waals surface area contributed by atoms with E-state index in [1.165, 1.54) is 6.07 Å². The Hall–Kier alpha value is -0.950. The lowest BCUT2D eigenvalue weighted by atomic mass is 9.85. The molecule has 0 N–H and O–H groups in total. The van der Waals surface area contributed by atoms with E-state index in [1.54, 1.807) is 6.07 Å². The summed E-state index contributed by atoms with van der Waals surface area (Å²) in [7, 11) is -3.46. The van der Waals surface area contributed by atoms with Gasteiger partial charge < -0.3 is 0 Å². The third kappa shape index (κ3) is 3.79. The van der Waals surface area contributed by atoms with Gasteiger partial charge in [0.15, 0.2) is 9.84 Å². The fourth-order valence-corrected chi connectivity index (χ4v) is 3.87. The Labute approximate surface area is 127 Å². The summed E-state index contributed by atoms with van der Waals surface area (Å²) in [6.07, 6.45) is 1.04. The zero-order chi connectivity index (χ0) is 15.7. The van der Waals surface area contributed by atoms with Gasteiger partial charge in [0.05, 0.1) is 9.82 Å². The van der Waals surface area contributed by atoms with E-state index < -0.39 is 14.8 Å². The molecule has 0 saturated carbocycles. The van der Waals surface area contributed by atoms with Crippen LogP contribution in [0.25, 0.3) is 0 Å². The van der Waals surface area contributed by atoms with Crippen molar-refractivity contribution in [3.8, 4) is 0 Å². The molecule has 0 spiro atoms. The summed E-state index contributed by atoms with van der Waals surface area (Å²) in [5, 5.41) is 11.2. The van der Waals surface area contributed by atoms with E-state index in [2.05, 4.69) is 15.9 Å². The molecule has 1 aromatic carbocycles. The van der Waals surface area contributed by atoms with Crippen LogP contribution >= 0.6 is 15.9 Å². The Kier molecular flexibility index (Phi) is 5.32. The number of hydrogen-bond acceptors (Lipinski definition) is 4. The number of nitrogens with zero attached hydrogens (tertiary/aromatic N) is 1. The average molecular weight is 364 g/mol. The van der Waals surface area contributed by atoms with Crippen LogP contribution in [0.4, 0.5) is 5.69 Å². The maximum Gasteiger partial charge on any atom is 0.274 e. The molecule has 0 fully saturated rings. The fourth-order valence-electron chi connectivity index (χ4n) is 2.33. The van der Waals surface area contributed by atoms with E-state index in [9.17, 15) is 18.5 Å². The second kappa shape index (κ2) is 6.22. The lowest BCUT2D eigenvalue weighted by Gasteiger charge is -2.24. The SMILES string of the molecule is CC(C)C(c1ccc(S(C)(=O)=O)cc1[N+](=O)[O-])C(C)Br. The molecule has 0 amide bonds. The predicted octanol–water partition coefficient (Wildman–Crippen LogP) is 3.52. The second-order valence-electron chi connectivity index (χ2n) is 5.20. The normalized spacial score (nSPS) is 15.1. The largest absolute Gasteiger partial charge is 0.274 e. The first kappa shape index (κ1) is 17.1. The van der Waals surface area contributed by atoms with Crippen LogP contribution < -0.4 is 0 Å². The fraction of sp³-hybridized carbons (Fsp3) is 0.538. The van der Waals surface area contributed by atoms with Crippen LogP contribution in [0.3, 0.4) is 0 Å². The molecule has 20 heavy (non-hydrogen) atoms. The molecular weight excluding hydrogens is 346 g/mol. The summed E-state index contributed by atoms with van der Waals surface area (Å²) in [6.45, 7) is 5.89. The predicted molar refractivity (Wildman–Crippen MR) is 82.2 cm³/mol. The molecule has 0 aliphatic rings. The lowest BCUT2D eigenvalue weighted by molar-refractivity contribution is -0.386. The van der Waals surface area contributed by atoms with E-state index >= 15 is 0 Å². The first-order valence-corrected chi connectivity index (χ1v) is 8.99. The van der Waals surface area contributed by atoms with Gasteiger partial charge in [-0.25, -0.2) is 8.42 Å². The zero-order valence-corrected chi connectivity index (χ0v) is 14.2. The van der Waals surface area contributed by atoms with Crippen LogP contribution in [0.2, 0.25) is 0 Å². The Balaban J connectivity index is 3.52. The van der Waals surface area contributed by atoms with Gasteiger partial charge in [0.1, 0.15) is 0 Å². The summed E-state index contributed by atoms with van der Waals surface area (Å²) in [5.74, 6) is 0.121. The van der Waals surface area contributed by atoms with Gasteiger partial charge in [-0.2, -0.15) is 0 Å². The Bertz CT molecular complexity index is 603. The summed E-state index contributed by atoms with van der Waals surface area (Å²) in [5.41, 5.74) is 0.416. The standard InChI is InChI=1S/C13H18BrNO4S/c1-8(2)13(9(3)14)11-6-5-10(20(4,18)19)7-12(11)15(16)17/h5-9,13H,1-4H3. The summed E-state index contributed by atoms with van der Waals surface area (Å²) >= 11 is 3.48. The van der Waals surface area contributed by atoms with Gasteiger partial charge in [-0.15, -0.1) is 0 Å². The third-order valence-corrected chi connectivity index (χ3v) is 4.88. The van der Waals surface area contributed by atoms with Crippen LogP contribution in [0.15, 0.2) is 23.1 Å².